The van der Waals surface area contributed by atoms with Crippen LogP contribution >= 0.6 is 0 Å². The highest BCUT2D eigenvalue weighted by Gasteiger charge is 1.92. The van der Waals surface area contributed by atoms with Gasteiger partial charge in [-0.1, -0.05) is 0 Å². The highest BCUT2D eigenvalue weighted by molar-refractivity contribution is 5.67. The second kappa shape index (κ2) is 3.61. The fourth-order valence-electron chi connectivity index (χ4n) is 0.179. The maximum absolute atomic E-state index is 9.64. The highest BCUT2D eigenvalue weighted by Crippen LogP contribution is 1.80. The lowest BCUT2D eigenvalue weighted by molar-refractivity contribution is -0.136. The Hall–Kier alpha value is -0.570. The Labute approximate surface area is 42.1 Å². The molecule has 0 saturated heterocycles. The maximum Gasteiger partial charge on any atom is 0.304 e. The Balaban J connectivity index is 2.82. The number of carbonyl (C=O) groups is 1. The largest absolute Gasteiger partial charge is 0.481 e. The van der Waals surface area contributed by atoms with Crippen molar-refractivity contribution in [1.29, 1.82) is 0 Å². The number of hydrogen-bond donors (Lipinski definition) is 2. The summed E-state index contributed by atoms with van der Waals surface area (Å²) in [7, 11) is 0. The SMILES string of the molecule is NC[C]CC(=O)O. The van der Waals surface area contributed by atoms with E-state index in [4.69, 9.17) is 10.8 Å². The van der Waals surface area contributed by atoms with E-state index in [2.05, 4.69) is 6.42 Å². The van der Waals surface area contributed by atoms with Gasteiger partial charge in [-0.2, -0.15) is 0 Å². The van der Waals surface area contributed by atoms with E-state index in [1.807, 2.05) is 0 Å². The summed E-state index contributed by atoms with van der Waals surface area (Å²) in [4.78, 5) is 9.64. The molecule has 3 heteroatoms. The Kier molecular flexibility index (Phi) is 3.32. The molecule has 2 radical (unpaired) electrons. The Bertz CT molecular complexity index is 62.7. The zero-order chi connectivity index (χ0) is 5.70. The van der Waals surface area contributed by atoms with Crippen molar-refractivity contribution in [2.24, 2.45) is 5.73 Å². The van der Waals surface area contributed by atoms with E-state index in [9.17, 15) is 4.79 Å². The standard InChI is InChI=1S/C4H7NO2/c5-3-1-2-4(6)7/h2-3,5H2,(H,6,7). The van der Waals surface area contributed by atoms with E-state index in [0.717, 1.165) is 0 Å². The second-order valence-corrected chi connectivity index (χ2v) is 1.02. The number of aliphatic carboxylic acids is 1. The molecule has 40 valence electrons. The molecule has 0 fully saturated rings. The third-order valence-electron chi connectivity index (χ3n) is 0.421. The van der Waals surface area contributed by atoms with E-state index in [1.54, 1.807) is 0 Å². The zero-order valence-corrected chi connectivity index (χ0v) is 3.85. The average molecular weight is 101 g/mol. The summed E-state index contributed by atoms with van der Waals surface area (Å²) in [5, 5.41) is 7.93. The minimum atomic E-state index is -0.884. The molecule has 0 amide bonds. The third kappa shape index (κ3) is 5.43. The summed E-state index contributed by atoms with van der Waals surface area (Å²) >= 11 is 0. The van der Waals surface area contributed by atoms with E-state index >= 15 is 0 Å². The van der Waals surface area contributed by atoms with Gasteiger partial charge in [0.15, 0.2) is 0 Å². The molecular formula is C4H7NO2. The van der Waals surface area contributed by atoms with Crippen LogP contribution in [0.2, 0.25) is 0 Å². The van der Waals surface area contributed by atoms with Crippen LogP contribution in [0.3, 0.4) is 0 Å². The van der Waals surface area contributed by atoms with Crippen molar-refractivity contribution >= 4 is 5.97 Å². The zero-order valence-electron chi connectivity index (χ0n) is 3.85. The number of hydrogen-bond acceptors (Lipinski definition) is 2. The van der Waals surface area contributed by atoms with E-state index in [-0.39, 0.29) is 13.0 Å². The van der Waals surface area contributed by atoms with Gasteiger partial charge in [-0.05, 0) is 6.54 Å². The van der Waals surface area contributed by atoms with Crippen molar-refractivity contribution in [2.75, 3.05) is 6.54 Å². The fraction of sp³-hybridized carbons (Fsp3) is 0.500. The smallest absolute Gasteiger partial charge is 0.304 e. The average Bonchev–Trinajstić information content (AvgIpc) is 1.61. The van der Waals surface area contributed by atoms with Gasteiger partial charge in [-0.15, -0.1) is 0 Å². The van der Waals surface area contributed by atoms with Gasteiger partial charge in [0.1, 0.15) is 0 Å². The molecule has 7 heavy (non-hydrogen) atoms. The van der Waals surface area contributed by atoms with Crippen LogP contribution in [0, 0.1) is 6.42 Å². The monoisotopic (exact) mass is 101 g/mol. The lowest BCUT2D eigenvalue weighted by Gasteiger charge is -1.84. The lowest BCUT2D eigenvalue weighted by atomic mass is 10.3. The summed E-state index contributed by atoms with van der Waals surface area (Å²) in [5.74, 6) is -0.884. The Morgan fingerprint density at radius 2 is 2.43 bits per heavy atom. The van der Waals surface area contributed by atoms with Crippen LogP contribution in [0.15, 0.2) is 0 Å². The van der Waals surface area contributed by atoms with Crippen LogP contribution in [-0.4, -0.2) is 17.6 Å². The van der Waals surface area contributed by atoms with Gasteiger partial charge < -0.3 is 10.8 Å². The summed E-state index contributed by atoms with van der Waals surface area (Å²) in [6, 6.07) is 0. The minimum absolute atomic E-state index is 0.0590. The predicted molar refractivity (Wildman–Crippen MR) is 24.6 cm³/mol. The van der Waals surface area contributed by atoms with Crippen LogP contribution < -0.4 is 5.73 Å². The fourth-order valence-corrected chi connectivity index (χ4v) is 0.179. The van der Waals surface area contributed by atoms with E-state index in [0.29, 0.717) is 0 Å². The molecule has 0 saturated carbocycles. The molecule has 0 unspecified atom stereocenters. The first-order chi connectivity index (χ1) is 3.27. The first kappa shape index (κ1) is 6.43. The minimum Gasteiger partial charge on any atom is -0.481 e. The summed E-state index contributed by atoms with van der Waals surface area (Å²) in [5.41, 5.74) is 4.90. The van der Waals surface area contributed by atoms with Crippen LogP contribution in [0.1, 0.15) is 6.42 Å². The molecule has 0 aliphatic heterocycles. The topological polar surface area (TPSA) is 63.3 Å². The van der Waals surface area contributed by atoms with Crippen molar-refractivity contribution < 1.29 is 9.90 Å². The van der Waals surface area contributed by atoms with Crippen molar-refractivity contribution in [2.45, 2.75) is 6.42 Å². The molecule has 0 aliphatic carbocycles. The van der Waals surface area contributed by atoms with Gasteiger partial charge in [-0.3, -0.25) is 4.79 Å². The van der Waals surface area contributed by atoms with Crippen LogP contribution in [-0.2, 0) is 4.79 Å². The number of rotatable bonds is 3. The maximum atomic E-state index is 9.64. The molecule has 3 N–H and O–H groups in total. The first-order valence-electron chi connectivity index (χ1n) is 1.90. The van der Waals surface area contributed by atoms with Gasteiger partial charge in [0, 0.05) is 6.42 Å². The molecule has 0 aromatic heterocycles. The van der Waals surface area contributed by atoms with Crippen molar-refractivity contribution in [1.82, 2.24) is 0 Å². The van der Waals surface area contributed by atoms with Crippen LogP contribution in [0.5, 0.6) is 0 Å². The molecule has 0 spiro atoms. The van der Waals surface area contributed by atoms with Crippen molar-refractivity contribution in [3.05, 3.63) is 6.42 Å². The predicted octanol–water partition coefficient (Wildman–Crippen LogP) is -0.499. The molecular weight excluding hydrogens is 94.0 g/mol. The summed E-state index contributed by atoms with van der Waals surface area (Å²) in [6.07, 6.45) is 2.37. The van der Waals surface area contributed by atoms with E-state index < -0.39 is 5.97 Å². The number of carboxylic acids is 1. The molecule has 0 aromatic carbocycles. The van der Waals surface area contributed by atoms with E-state index in [1.165, 1.54) is 0 Å². The van der Waals surface area contributed by atoms with Crippen molar-refractivity contribution in [3.8, 4) is 0 Å². The molecule has 0 aromatic rings. The van der Waals surface area contributed by atoms with Gasteiger partial charge in [0.05, 0.1) is 6.42 Å². The Morgan fingerprint density at radius 3 is 2.57 bits per heavy atom. The van der Waals surface area contributed by atoms with Gasteiger partial charge in [0.2, 0.25) is 0 Å². The highest BCUT2D eigenvalue weighted by atomic mass is 16.4. The van der Waals surface area contributed by atoms with Crippen LogP contribution in [0.25, 0.3) is 0 Å². The molecule has 0 heterocycles. The normalized spacial score (nSPS) is 8.71. The molecule has 3 nitrogen and oxygen atoms in total. The first-order valence-corrected chi connectivity index (χ1v) is 1.90. The molecule has 0 atom stereocenters. The van der Waals surface area contributed by atoms with Gasteiger partial charge >= 0.3 is 5.97 Å². The number of carboxylic acid groups (broad SMARTS) is 1. The van der Waals surface area contributed by atoms with Gasteiger partial charge in [-0.25, -0.2) is 0 Å². The Morgan fingerprint density at radius 1 is 1.86 bits per heavy atom. The quantitative estimate of drug-likeness (QED) is 0.503. The lowest BCUT2D eigenvalue weighted by Crippen LogP contribution is -2.03. The van der Waals surface area contributed by atoms with Crippen molar-refractivity contribution in [3.63, 3.8) is 0 Å². The molecule has 0 aliphatic rings. The second-order valence-electron chi connectivity index (χ2n) is 1.02. The summed E-state index contributed by atoms with van der Waals surface area (Å²) < 4.78 is 0. The number of nitrogens with two attached hydrogens (primary N) is 1. The third-order valence-corrected chi connectivity index (χ3v) is 0.421. The molecule has 0 bridgehead atoms. The van der Waals surface area contributed by atoms with Gasteiger partial charge in [0.25, 0.3) is 0 Å². The van der Waals surface area contributed by atoms with Crippen LogP contribution in [0.4, 0.5) is 0 Å². The summed E-state index contributed by atoms with van der Waals surface area (Å²) in [6.45, 7) is 0.215. The molecule has 0 rings (SSSR count).